The fourth-order valence-corrected chi connectivity index (χ4v) is 0.584. The van der Waals surface area contributed by atoms with Crippen molar-refractivity contribution in [1.82, 2.24) is 9.97 Å². The molecule has 0 bridgehead atoms. The van der Waals surface area contributed by atoms with Gasteiger partial charge >= 0.3 is 11.7 Å². The fourth-order valence-electron chi connectivity index (χ4n) is 0.584. The van der Waals surface area contributed by atoms with E-state index in [9.17, 15) is 14.4 Å². The van der Waals surface area contributed by atoms with E-state index in [0.717, 1.165) is 6.07 Å². The lowest BCUT2D eigenvalue weighted by atomic mass is 10.4. The van der Waals surface area contributed by atoms with Crippen molar-refractivity contribution in [2.24, 2.45) is 0 Å². The molecule has 6 heteroatoms. The number of carboxylic acids is 1. The van der Waals surface area contributed by atoms with Crippen molar-refractivity contribution < 1.29 is 9.90 Å². The third-order valence-electron chi connectivity index (χ3n) is 0.991. The average molecular weight is 158 g/mol. The molecule has 0 radical (unpaired) electrons. The summed E-state index contributed by atoms with van der Waals surface area (Å²) in [5.41, 5.74) is -1.97. The zero-order chi connectivity index (χ0) is 8.43. The first-order valence-corrected chi connectivity index (χ1v) is 2.66. The van der Waals surface area contributed by atoms with Crippen molar-refractivity contribution in [3.05, 3.63) is 32.6 Å². The van der Waals surface area contributed by atoms with Gasteiger partial charge in [0.25, 0.3) is 5.56 Å². The van der Waals surface area contributed by atoms with Gasteiger partial charge in [-0.05, 0) is 0 Å². The summed E-state index contributed by atoms with van der Waals surface area (Å²) >= 11 is 0. The normalized spacial score (nSPS) is 9.45. The van der Waals surface area contributed by atoms with Crippen LogP contribution in [0.5, 0.6) is 0 Å². The Bertz CT molecular complexity index is 360. The quantitative estimate of drug-likeness (QED) is 0.475. The highest BCUT2D eigenvalue weighted by atomic mass is 16.4. The van der Waals surface area contributed by atoms with Gasteiger partial charge in [-0.15, -0.1) is 0 Å². The number of aromatic carboxylic acids is 1. The van der Waals surface area contributed by atoms with E-state index in [1.165, 1.54) is 0 Å². The summed E-state index contributed by atoms with van der Waals surface area (Å²) in [5.74, 6) is -1.34. The van der Waals surface area contributed by atoms with Crippen LogP contribution in [-0.4, -0.2) is 21.0 Å². The molecule has 0 amide bonds. The van der Waals surface area contributed by atoms with Gasteiger partial charge in [0.05, 0.1) is 0 Å². The number of aromatic nitrogens is 2. The molecule has 0 spiro atoms. The van der Waals surface area contributed by atoms with Gasteiger partial charge in [0.1, 0.15) is 5.69 Å². The van der Waals surface area contributed by atoms with Crippen molar-refractivity contribution in [3.63, 3.8) is 0 Å². The number of carbonyl (C=O) groups is 1. The molecular weight excluding hydrogens is 154 g/mol. The van der Waals surface area contributed by atoms with Crippen LogP contribution in [0, 0.1) is 0 Å². The number of nitrogens with one attached hydrogen (secondary N) is 2. The van der Waals surface area contributed by atoms with E-state index in [1.54, 1.807) is 0 Å². The zero-order valence-electron chi connectivity index (χ0n) is 5.25. The van der Waals surface area contributed by atoms with Gasteiger partial charge in [0, 0.05) is 6.07 Å². The molecule has 6 nitrogen and oxygen atoms in total. The van der Waals surface area contributed by atoms with E-state index < -0.39 is 22.9 Å². The first-order valence-electron chi connectivity index (χ1n) is 2.66. The second-order valence-electron chi connectivity index (χ2n) is 1.81. The van der Waals surface area contributed by atoms with Crippen LogP contribution in [-0.2, 0) is 0 Å². The second kappa shape index (κ2) is 2.41. The molecule has 0 fully saturated rings. The van der Waals surface area contributed by atoms with Crippen LogP contribution in [0.1, 0.15) is 10.5 Å². The Morgan fingerprint density at radius 3 is 2.64 bits per heavy atom. The summed E-state index contributed by atoms with van der Waals surface area (Å²) in [6, 6.07) is 0.795. The summed E-state index contributed by atoms with van der Waals surface area (Å²) in [7, 11) is 0. The largest absolute Gasteiger partial charge is 0.477 e. The van der Waals surface area contributed by atoms with E-state index in [4.69, 9.17) is 5.11 Å². The Hall–Kier alpha value is -1.85. The van der Waals surface area contributed by atoms with Gasteiger partial charge in [0.15, 0.2) is 0 Å². The van der Waals surface area contributed by atoms with Gasteiger partial charge in [-0.1, -0.05) is 0 Å². The fraction of sp³-hybridized carbons (Fsp3) is 0. The average Bonchev–Trinajstić information content (AvgIpc) is 1.85. The molecule has 11 heavy (non-hydrogen) atoms. The van der Waals surface area contributed by atoms with Gasteiger partial charge in [-0.25, -0.2) is 9.59 Å². The molecule has 1 heterocycles. The van der Waals surface area contributed by atoms with Crippen molar-refractivity contribution in [2.45, 2.75) is 0 Å². The maximum Gasteiger partial charge on any atom is 0.352 e. The molecule has 0 aromatic carbocycles. The Morgan fingerprint density at radius 2 is 2.18 bits per heavy atom. The van der Waals surface area contributed by atoms with E-state index in [0.29, 0.717) is 0 Å². The van der Waals surface area contributed by atoms with E-state index in [-0.39, 0.29) is 0 Å². The van der Waals surface area contributed by atoms with Crippen LogP contribution in [0.25, 0.3) is 0 Å². The van der Waals surface area contributed by atoms with Crippen LogP contribution in [0.4, 0.5) is 0 Å². The first-order chi connectivity index (χ1) is 5.09. The van der Waals surface area contributed by atoms with Gasteiger partial charge in [-0.2, -0.15) is 0 Å². The van der Waals surface area contributed by atoms with Crippen LogP contribution in [0.3, 0.4) is 0 Å². The highest BCUT2D eigenvalue weighted by molar-refractivity contribution is 5.84. The Balaban J connectivity index is 3.42. The third kappa shape index (κ3) is 1.54. The highest BCUT2D eigenvalue weighted by Gasteiger charge is 2.03. The molecule has 1 rings (SSSR count). The van der Waals surface area contributed by atoms with Gasteiger partial charge < -0.3 is 10.1 Å². The lowest BCUT2D eigenvalue weighted by Gasteiger charge is -1.89. The molecular formula is C5H4N2O4. The summed E-state index contributed by atoms with van der Waals surface area (Å²) in [6.45, 7) is 0. The number of H-pyrrole nitrogens is 2. The van der Waals surface area contributed by atoms with E-state index >= 15 is 0 Å². The number of hydrogen-bond acceptors (Lipinski definition) is 3. The monoisotopic (exact) mass is 158 g/mol. The molecule has 0 unspecified atom stereocenters. The summed E-state index contributed by atoms with van der Waals surface area (Å²) in [4.78, 5) is 34.9. The summed E-state index contributed by atoms with van der Waals surface area (Å²) < 4.78 is 0. The predicted molar refractivity (Wildman–Crippen MR) is 34.6 cm³/mol. The van der Waals surface area contributed by atoms with Crippen molar-refractivity contribution in [2.75, 3.05) is 0 Å². The standard InChI is InChI=1S/C5H4N2O4/c8-3-1-2(4(9)10)6-5(11)7-3/h1H,(H,9,10)(H2,6,7,8,11)/i5+2. The van der Waals surface area contributed by atoms with Crippen LogP contribution in [0.2, 0.25) is 0 Å². The van der Waals surface area contributed by atoms with Crippen LogP contribution < -0.4 is 11.2 Å². The smallest absolute Gasteiger partial charge is 0.352 e. The van der Waals surface area contributed by atoms with Gasteiger partial charge in [0.2, 0.25) is 0 Å². The Morgan fingerprint density at radius 1 is 1.55 bits per heavy atom. The zero-order valence-corrected chi connectivity index (χ0v) is 5.25. The molecule has 0 saturated heterocycles. The van der Waals surface area contributed by atoms with E-state index in [2.05, 4.69) is 0 Å². The lowest BCUT2D eigenvalue weighted by Crippen LogP contribution is -2.24. The lowest BCUT2D eigenvalue weighted by molar-refractivity contribution is 0.0689. The number of rotatable bonds is 1. The number of carboxylic acid groups (broad SMARTS) is 1. The van der Waals surface area contributed by atoms with Crippen LogP contribution in [0.15, 0.2) is 15.7 Å². The predicted octanol–water partition coefficient (Wildman–Crippen LogP) is -1.24. The SMILES string of the molecule is O=C(O)c1cc(=O)[nH][14c](=O)[nH]1. The molecule has 0 atom stereocenters. The number of aromatic amines is 2. The molecule has 1 aromatic heterocycles. The second-order valence-corrected chi connectivity index (χ2v) is 1.81. The highest BCUT2D eigenvalue weighted by Crippen LogP contribution is 1.81. The van der Waals surface area contributed by atoms with Crippen molar-refractivity contribution in [3.8, 4) is 0 Å². The van der Waals surface area contributed by atoms with Crippen LogP contribution >= 0.6 is 0 Å². The maximum absolute atomic E-state index is 10.5. The molecule has 0 aliphatic rings. The number of hydrogen-bond donors (Lipinski definition) is 3. The molecule has 58 valence electrons. The Kier molecular flexibility index (Phi) is 1.59. The summed E-state index contributed by atoms with van der Waals surface area (Å²) in [5, 5.41) is 8.31. The molecule has 0 aliphatic heterocycles. The minimum absolute atomic E-state index is 0.418. The molecule has 3 N–H and O–H groups in total. The maximum atomic E-state index is 10.5. The molecule has 0 saturated carbocycles. The molecule has 1 aromatic rings. The topological polar surface area (TPSA) is 103 Å². The minimum atomic E-state index is -1.34. The van der Waals surface area contributed by atoms with Gasteiger partial charge in [-0.3, -0.25) is 9.78 Å². The summed E-state index contributed by atoms with van der Waals surface area (Å²) in [6.07, 6.45) is 0. The van der Waals surface area contributed by atoms with E-state index in [1.807, 2.05) is 9.97 Å². The van der Waals surface area contributed by atoms with Crippen molar-refractivity contribution in [1.29, 1.82) is 0 Å². The van der Waals surface area contributed by atoms with Crippen molar-refractivity contribution >= 4 is 5.97 Å². The third-order valence-corrected chi connectivity index (χ3v) is 0.991. The first kappa shape index (κ1) is 7.26. The Labute approximate surface area is 59.5 Å². The molecule has 0 aliphatic carbocycles. The minimum Gasteiger partial charge on any atom is -0.477 e.